The molecule has 1 nitrogen and oxygen atoms in total. The van der Waals surface area contributed by atoms with Crippen molar-refractivity contribution >= 4 is 0 Å². The Morgan fingerprint density at radius 2 is 1.31 bits per heavy atom. The second kappa shape index (κ2) is 15.1. The highest BCUT2D eigenvalue weighted by Crippen LogP contribution is 2.34. The van der Waals surface area contributed by atoms with Gasteiger partial charge in [-0.15, -0.1) is 0 Å². The third-order valence-electron chi connectivity index (χ3n) is 5.81. The summed E-state index contributed by atoms with van der Waals surface area (Å²) in [6, 6.07) is 6.19. The van der Waals surface area contributed by atoms with E-state index in [4.69, 9.17) is 0 Å². The fraction of sp³-hybridized carbons (Fsp3) is 0.760. The summed E-state index contributed by atoms with van der Waals surface area (Å²) >= 11 is 0. The van der Waals surface area contributed by atoms with Crippen LogP contribution in [0.3, 0.4) is 0 Å². The molecule has 1 atom stereocenters. The Kier molecular flexibility index (Phi) is 13.4. The first-order valence-electron chi connectivity index (χ1n) is 11.5. The molecule has 0 heterocycles. The fourth-order valence-electron chi connectivity index (χ4n) is 4.08. The van der Waals surface area contributed by atoms with Gasteiger partial charge in [0.25, 0.3) is 0 Å². The summed E-state index contributed by atoms with van der Waals surface area (Å²) in [4.78, 5) is 0. The Hall–Kier alpha value is -0.980. The van der Waals surface area contributed by atoms with Crippen LogP contribution in [0.5, 0.6) is 5.75 Å². The maximum Gasteiger partial charge on any atom is 0.119 e. The molecule has 1 aromatic carbocycles. The van der Waals surface area contributed by atoms with Crippen LogP contribution in [0.1, 0.15) is 128 Å². The summed E-state index contributed by atoms with van der Waals surface area (Å²) in [6.45, 7) is 6.85. The second-order valence-corrected chi connectivity index (χ2v) is 8.02. The van der Waals surface area contributed by atoms with Gasteiger partial charge in [-0.25, -0.2) is 0 Å². The van der Waals surface area contributed by atoms with E-state index in [1.54, 1.807) is 0 Å². The SMILES string of the molecule is CCCCCCCCCCc1c(O)cccc1C(CC)CCCCCC. The molecule has 0 aromatic heterocycles. The Bertz CT molecular complexity index is 451. The van der Waals surface area contributed by atoms with E-state index in [9.17, 15) is 5.11 Å². The van der Waals surface area contributed by atoms with Gasteiger partial charge in [-0.05, 0) is 48.8 Å². The predicted octanol–water partition coefficient (Wildman–Crippen LogP) is 8.54. The molecule has 1 N–H and O–H groups in total. The van der Waals surface area contributed by atoms with Crippen LogP contribution in [0.25, 0.3) is 0 Å². The van der Waals surface area contributed by atoms with E-state index in [1.807, 2.05) is 12.1 Å². The van der Waals surface area contributed by atoms with Crippen molar-refractivity contribution < 1.29 is 5.11 Å². The Morgan fingerprint density at radius 3 is 1.92 bits per heavy atom. The summed E-state index contributed by atoms with van der Waals surface area (Å²) in [5.41, 5.74) is 2.66. The van der Waals surface area contributed by atoms with Gasteiger partial charge in [0.1, 0.15) is 5.75 Å². The summed E-state index contributed by atoms with van der Waals surface area (Å²) in [5, 5.41) is 10.4. The van der Waals surface area contributed by atoms with E-state index in [0.29, 0.717) is 11.7 Å². The average Bonchev–Trinajstić information content (AvgIpc) is 2.65. The van der Waals surface area contributed by atoms with Crippen LogP contribution in [0, 0.1) is 0 Å². The van der Waals surface area contributed by atoms with Gasteiger partial charge in [-0.3, -0.25) is 0 Å². The Labute approximate surface area is 163 Å². The lowest BCUT2D eigenvalue weighted by Gasteiger charge is -2.20. The van der Waals surface area contributed by atoms with Crippen molar-refractivity contribution in [1.29, 1.82) is 0 Å². The van der Waals surface area contributed by atoms with Gasteiger partial charge in [-0.1, -0.05) is 104 Å². The van der Waals surface area contributed by atoms with Gasteiger partial charge in [-0.2, -0.15) is 0 Å². The van der Waals surface area contributed by atoms with Gasteiger partial charge < -0.3 is 5.11 Å². The summed E-state index contributed by atoms with van der Waals surface area (Å²) in [5.74, 6) is 1.14. The van der Waals surface area contributed by atoms with Gasteiger partial charge in [0.2, 0.25) is 0 Å². The van der Waals surface area contributed by atoms with Crippen LogP contribution >= 0.6 is 0 Å². The third-order valence-corrected chi connectivity index (χ3v) is 5.81. The minimum atomic E-state index is 0.525. The molecule has 1 unspecified atom stereocenters. The topological polar surface area (TPSA) is 20.2 Å². The van der Waals surface area contributed by atoms with Crippen molar-refractivity contribution in [2.75, 3.05) is 0 Å². The zero-order valence-electron chi connectivity index (χ0n) is 17.9. The van der Waals surface area contributed by atoms with Gasteiger partial charge in [0, 0.05) is 0 Å². The van der Waals surface area contributed by atoms with Crippen molar-refractivity contribution in [2.45, 2.75) is 123 Å². The maximum atomic E-state index is 10.4. The van der Waals surface area contributed by atoms with Crippen LogP contribution in [-0.2, 0) is 6.42 Å². The third kappa shape index (κ3) is 9.10. The number of benzene rings is 1. The van der Waals surface area contributed by atoms with E-state index < -0.39 is 0 Å². The highest BCUT2D eigenvalue weighted by atomic mass is 16.3. The van der Waals surface area contributed by atoms with Crippen molar-refractivity contribution in [3.8, 4) is 5.75 Å². The Balaban J connectivity index is 2.48. The number of phenols is 1. The van der Waals surface area contributed by atoms with Crippen LogP contribution in [0.4, 0.5) is 0 Å². The van der Waals surface area contributed by atoms with E-state index in [1.165, 1.54) is 101 Å². The van der Waals surface area contributed by atoms with Crippen molar-refractivity contribution in [2.24, 2.45) is 0 Å². The van der Waals surface area contributed by atoms with Crippen LogP contribution in [-0.4, -0.2) is 5.11 Å². The number of hydrogen-bond acceptors (Lipinski definition) is 1. The van der Waals surface area contributed by atoms with Crippen molar-refractivity contribution in [3.63, 3.8) is 0 Å². The first kappa shape index (κ1) is 23.1. The van der Waals surface area contributed by atoms with E-state index in [-0.39, 0.29) is 0 Å². The molecule has 0 aliphatic carbocycles. The smallest absolute Gasteiger partial charge is 0.119 e. The molecule has 0 spiro atoms. The van der Waals surface area contributed by atoms with Crippen LogP contribution < -0.4 is 0 Å². The predicted molar refractivity (Wildman–Crippen MR) is 116 cm³/mol. The summed E-state index contributed by atoms with van der Waals surface area (Å²) in [6.07, 6.45) is 19.5. The monoisotopic (exact) mass is 360 g/mol. The van der Waals surface area contributed by atoms with Crippen LogP contribution in [0.15, 0.2) is 18.2 Å². The maximum absolute atomic E-state index is 10.4. The number of unbranched alkanes of at least 4 members (excludes halogenated alkanes) is 10. The zero-order valence-corrected chi connectivity index (χ0v) is 17.9. The summed E-state index contributed by atoms with van der Waals surface area (Å²) < 4.78 is 0. The molecule has 1 heteroatoms. The molecule has 26 heavy (non-hydrogen) atoms. The second-order valence-electron chi connectivity index (χ2n) is 8.02. The quantitative estimate of drug-likeness (QED) is 0.293. The number of hydrogen-bond donors (Lipinski definition) is 1. The molecule has 1 aromatic rings. The molecular formula is C25H44O. The number of rotatable bonds is 16. The molecule has 0 saturated heterocycles. The van der Waals surface area contributed by atoms with Crippen LogP contribution in [0.2, 0.25) is 0 Å². The first-order valence-corrected chi connectivity index (χ1v) is 11.5. The summed E-state index contributed by atoms with van der Waals surface area (Å²) in [7, 11) is 0. The number of phenolic OH excluding ortho intramolecular Hbond substituents is 1. The van der Waals surface area contributed by atoms with Gasteiger partial charge >= 0.3 is 0 Å². The van der Waals surface area contributed by atoms with E-state index in [2.05, 4.69) is 26.8 Å². The molecule has 0 amide bonds. The van der Waals surface area contributed by atoms with Crippen molar-refractivity contribution in [3.05, 3.63) is 29.3 Å². The molecular weight excluding hydrogens is 316 g/mol. The lowest BCUT2D eigenvalue weighted by atomic mass is 9.85. The largest absolute Gasteiger partial charge is 0.508 e. The minimum absolute atomic E-state index is 0.525. The minimum Gasteiger partial charge on any atom is -0.508 e. The molecule has 0 aliphatic rings. The van der Waals surface area contributed by atoms with E-state index >= 15 is 0 Å². The average molecular weight is 361 g/mol. The molecule has 0 saturated carbocycles. The normalized spacial score (nSPS) is 12.4. The fourth-order valence-corrected chi connectivity index (χ4v) is 4.08. The molecule has 1 rings (SSSR count). The molecule has 0 aliphatic heterocycles. The molecule has 0 fully saturated rings. The Morgan fingerprint density at radius 1 is 0.731 bits per heavy atom. The van der Waals surface area contributed by atoms with Crippen molar-refractivity contribution in [1.82, 2.24) is 0 Å². The number of aromatic hydroxyl groups is 1. The van der Waals surface area contributed by atoms with E-state index in [0.717, 1.165) is 6.42 Å². The lowest BCUT2D eigenvalue weighted by Crippen LogP contribution is -2.03. The van der Waals surface area contributed by atoms with Gasteiger partial charge in [0.05, 0.1) is 0 Å². The van der Waals surface area contributed by atoms with Gasteiger partial charge in [0.15, 0.2) is 0 Å². The highest BCUT2D eigenvalue weighted by Gasteiger charge is 2.16. The highest BCUT2D eigenvalue weighted by molar-refractivity contribution is 5.41. The molecule has 0 bridgehead atoms. The lowest BCUT2D eigenvalue weighted by molar-refractivity contribution is 0.460. The first-order chi connectivity index (χ1) is 12.7. The zero-order chi connectivity index (χ0) is 19.0. The molecule has 0 radical (unpaired) electrons. The molecule has 150 valence electrons. The standard InChI is InChI=1S/C25H44O/c1-4-7-9-11-12-13-14-16-19-24-23(20-17-21-25(24)26)22(6-3)18-15-10-8-5-2/h17,20-22,26H,4-16,18-19H2,1-3H3.